The highest BCUT2D eigenvalue weighted by Gasteiger charge is 2.44. The Labute approximate surface area is 138 Å². The fourth-order valence-corrected chi connectivity index (χ4v) is 3.73. The van der Waals surface area contributed by atoms with Crippen LogP contribution in [0.1, 0.15) is 25.7 Å². The summed E-state index contributed by atoms with van der Waals surface area (Å²) in [4.78, 5) is 25.2. The second-order valence-electron chi connectivity index (χ2n) is 6.16. The summed E-state index contributed by atoms with van der Waals surface area (Å²) < 4.78 is 11.6. The number of aromatic nitrogens is 3. The first-order chi connectivity index (χ1) is 11.9. The molecule has 5 heterocycles. The minimum Gasteiger partial charge on any atom is -0.460 e. The molecule has 3 aliphatic heterocycles. The molecule has 0 N–H and O–H groups in total. The predicted octanol–water partition coefficient (Wildman–Crippen LogP) is 1.68. The molecule has 0 unspecified atom stereocenters. The van der Waals surface area contributed by atoms with E-state index in [0.717, 1.165) is 25.7 Å². The molecule has 0 aromatic carbocycles. The smallest absolute Gasteiger partial charge is 0.316 e. The molecule has 126 valence electrons. The minimum atomic E-state index is 0.123. The Balaban J connectivity index is 1.29. The maximum atomic E-state index is 5.94. The van der Waals surface area contributed by atoms with Gasteiger partial charge in [0.2, 0.25) is 12.6 Å². The average molecular weight is 331 g/mol. The molecule has 0 saturated carbocycles. The number of oxazole rings is 1. The first kappa shape index (κ1) is 14.0. The molecule has 3 fully saturated rings. The van der Waals surface area contributed by atoms with Crippen molar-refractivity contribution in [3.8, 4) is 6.01 Å². The summed E-state index contributed by atoms with van der Waals surface area (Å²) in [6.07, 6.45) is 9.09. The third-order valence-electron chi connectivity index (χ3n) is 4.73. The molecule has 3 aliphatic rings. The van der Waals surface area contributed by atoms with E-state index in [1.807, 2.05) is 0 Å². The van der Waals surface area contributed by atoms with E-state index in [1.54, 1.807) is 24.7 Å². The summed E-state index contributed by atoms with van der Waals surface area (Å²) in [6.45, 7) is 0.248. The van der Waals surface area contributed by atoms with Crippen molar-refractivity contribution in [2.45, 2.75) is 43.9 Å². The zero-order chi connectivity index (χ0) is 15.9. The van der Waals surface area contributed by atoms with Crippen LogP contribution >= 0.6 is 0 Å². The maximum absolute atomic E-state index is 5.94. The largest absolute Gasteiger partial charge is 0.460 e. The topological polar surface area (TPSA) is 86.0 Å². The van der Waals surface area contributed by atoms with Crippen LogP contribution in [-0.2, 0) is 9.68 Å². The number of hydrogen-bond donors (Lipinski definition) is 0. The van der Waals surface area contributed by atoms with Crippen molar-refractivity contribution in [1.82, 2.24) is 15.0 Å². The summed E-state index contributed by atoms with van der Waals surface area (Å²) in [6, 6.07) is 3.54. The SMILES string of the molecule is c1cnc(O[C@H]2C[C@H]3CC[C@@H](C2)N3c2nc(N3OCO3)co2)nc1. The Bertz CT molecular complexity index is 693. The van der Waals surface area contributed by atoms with Crippen molar-refractivity contribution < 1.29 is 18.8 Å². The quantitative estimate of drug-likeness (QED) is 0.830. The molecule has 2 aromatic heterocycles. The first-order valence-electron chi connectivity index (χ1n) is 8.10. The van der Waals surface area contributed by atoms with Gasteiger partial charge in [0.15, 0.2) is 0 Å². The average Bonchev–Trinajstić information content (AvgIpc) is 3.09. The van der Waals surface area contributed by atoms with Gasteiger partial charge in [-0.25, -0.2) is 19.6 Å². The first-order valence-corrected chi connectivity index (χ1v) is 8.10. The van der Waals surface area contributed by atoms with Gasteiger partial charge in [-0.3, -0.25) is 0 Å². The van der Waals surface area contributed by atoms with Gasteiger partial charge in [-0.15, -0.1) is 0 Å². The van der Waals surface area contributed by atoms with Crippen LogP contribution in [0.15, 0.2) is 29.1 Å². The summed E-state index contributed by atoms with van der Waals surface area (Å²) in [5.41, 5.74) is 0. The van der Waals surface area contributed by atoms with Crippen LogP contribution in [0.4, 0.5) is 11.8 Å². The van der Waals surface area contributed by atoms with Gasteiger partial charge in [-0.2, -0.15) is 4.98 Å². The standard InChI is InChI=1S/C15H17N5O4/c1-4-16-14(17-5-1)24-12-6-10-2-3-11(7-12)19(10)15-18-13(8-21-15)20-22-9-23-20/h1,4-5,8,10-12H,2-3,6-7,9H2/t10-,11+,12+. The normalized spacial score (nSPS) is 28.8. The summed E-state index contributed by atoms with van der Waals surface area (Å²) in [7, 11) is 0. The molecule has 24 heavy (non-hydrogen) atoms. The van der Waals surface area contributed by atoms with Crippen molar-refractivity contribution in [1.29, 1.82) is 0 Å². The Morgan fingerprint density at radius 3 is 2.50 bits per heavy atom. The van der Waals surface area contributed by atoms with Crippen molar-refractivity contribution in [3.63, 3.8) is 0 Å². The van der Waals surface area contributed by atoms with E-state index in [4.69, 9.17) is 18.8 Å². The van der Waals surface area contributed by atoms with Crippen LogP contribution in [0.2, 0.25) is 0 Å². The van der Waals surface area contributed by atoms with Gasteiger partial charge in [0, 0.05) is 37.3 Å². The number of hydrogen-bond acceptors (Lipinski definition) is 9. The van der Waals surface area contributed by atoms with Gasteiger partial charge < -0.3 is 14.1 Å². The highest BCUT2D eigenvalue weighted by Crippen LogP contribution is 2.40. The van der Waals surface area contributed by atoms with Crippen LogP contribution in [0.5, 0.6) is 6.01 Å². The molecule has 0 radical (unpaired) electrons. The van der Waals surface area contributed by atoms with Gasteiger partial charge in [0.05, 0.1) is 0 Å². The number of fused-ring (bicyclic) bond motifs is 2. The van der Waals surface area contributed by atoms with Crippen LogP contribution in [0, 0.1) is 0 Å². The summed E-state index contributed by atoms with van der Waals surface area (Å²) in [5, 5.41) is 1.26. The zero-order valence-electron chi connectivity index (χ0n) is 12.9. The number of ether oxygens (including phenoxy) is 1. The van der Waals surface area contributed by atoms with E-state index in [0.29, 0.717) is 29.9 Å². The molecule has 0 amide bonds. The Kier molecular flexibility index (Phi) is 3.27. The number of piperidine rings is 1. The van der Waals surface area contributed by atoms with Gasteiger partial charge in [0.1, 0.15) is 12.4 Å². The lowest BCUT2D eigenvalue weighted by Gasteiger charge is -2.37. The van der Waals surface area contributed by atoms with Crippen molar-refractivity contribution in [2.75, 3.05) is 16.9 Å². The lowest BCUT2D eigenvalue weighted by atomic mass is 10.0. The third kappa shape index (κ3) is 2.36. The summed E-state index contributed by atoms with van der Waals surface area (Å²) in [5.74, 6) is 0.534. The van der Waals surface area contributed by atoms with E-state index < -0.39 is 0 Å². The highest BCUT2D eigenvalue weighted by molar-refractivity contribution is 5.42. The molecule has 2 aromatic rings. The fraction of sp³-hybridized carbons (Fsp3) is 0.533. The van der Waals surface area contributed by atoms with Crippen LogP contribution in [0.25, 0.3) is 0 Å². The minimum absolute atomic E-state index is 0.123. The van der Waals surface area contributed by atoms with Crippen LogP contribution in [0.3, 0.4) is 0 Å². The van der Waals surface area contributed by atoms with Crippen LogP contribution in [-0.4, -0.2) is 39.9 Å². The van der Waals surface area contributed by atoms with E-state index in [-0.39, 0.29) is 12.9 Å². The van der Waals surface area contributed by atoms with E-state index >= 15 is 0 Å². The second-order valence-corrected chi connectivity index (χ2v) is 6.16. The van der Waals surface area contributed by atoms with E-state index in [1.165, 1.54) is 5.23 Å². The highest BCUT2D eigenvalue weighted by atomic mass is 17.1. The lowest BCUT2D eigenvalue weighted by molar-refractivity contribution is -0.278. The lowest BCUT2D eigenvalue weighted by Crippen LogP contribution is -2.46. The molecule has 0 spiro atoms. The second kappa shape index (κ2) is 5.60. The fourth-order valence-electron chi connectivity index (χ4n) is 3.73. The van der Waals surface area contributed by atoms with Crippen molar-refractivity contribution in [3.05, 3.63) is 24.7 Å². The molecule has 9 heteroatoms. The molecule has 0 aliphatic carbocycles. The molecule has 3 atom stereocenters. The van der Waals surface area contributed by atoms with Crippen molar-refractivity contribution in [2.24, 2.45) is 0 Å². The van der Waals surface area contributed by atoms with Crippen molar-refractivity contribution >= 4 is 11.8 Å². The Morgan fingerprint density at radius 2 is 1.83 bits per heavy atom. The van der Waals surface area contributed by atoms with Crippen LogP contribution < -0.4 is 14.9 Å². The van der Waals surface area contributed by atoms with E-state index in [2.05, 4.69) is 19.9 Å². The molecular formula is C15H17N5O4. The molecule has 3 saturated heterocycles. The summed E-state index contributed by atoms with van der Waals surface area (Å²) >= 11 is 0. The number of rotatable bonds is 4. The zero-order valence-corrected chi connectivity index (χ0v) is 12.9. The van der Waals surface area contributed by atoms with Gasteiger partial charge in [-0.1, -0.05) is 5.23 Å². The van der Waals surface area contributed by atoms with Gasteiger partial charge in [0.25, 0.3) is 6.01 Å². The molecular weight excluding hydrogens is 314 g/mol. The molecule has 9 nitrogen and oxygen atoms in total. The molecule has 2 bridgehead atoms. The van der Waals surface area contributed by atoms with Gasteiger partial charge >= 0.3 is 6.01 Å². The predicted molar refractivity (Wildman–Crippen MR) is 81.0 cm³/mol. The monoisotopic (exact) mass is 331 g/mol. The molecule has 5 rings (SSSR count). The third-order valence-corrected chi connectivity index (χ3v) is 4.73. The maximum Gasteiger partial charge on any atom is 0.316 e. The Hall–Kier alpha value is -2.39. The number of nitrogens with zero attached hydrogens (tertiary/aromatic N) is 5. The van der Waals surface area contributed by atoms with Gasteiger partial charge in [-0.05, 0) is 18.9 Å². The number of anilines is 2. The Morgan fingerprint density at radius 1 is 1.08 bits per heavy atom. The van der Waals surface area contributed by atoms with E-state index in [9.17, 15) is 0 Å².